The summed E-state index contributed by atoms with van der Waals surface area (Å²) in [4.78, 5) is 9.10. The molecular formula is C6H6NNaO5S2. The van der Waals surface area contributed by atoms with Crippen molar-refractivity contribution in [1.29, 1.82) is 0 Å². The van der Waals surface area contributed by atoms with Gasteiger partial charge in [-0.05, 0) is 12.1 Å². The van der Waals surface area contributed by atoms with E-state index in [4.69, 9.17) is 4.55 Å². The van der Waals surface area contributed by atoms with Gasteiger partial charge >= 0.3 is 29.6 Å². The fourth-order valence-corrected chi connectivity index (χ4v) is 1.53. The molecule has 1 aromatic carbocycles. The second-order valence-electron chi connectivity index (χ2n) is 2.38. The molecule has 0 unspecified atom stereocenters. The summed E-state index contributed by atoms with van der Waals surface area (Å²) in [5.74, 6) is 0. The van der Waals surface area contributed by atoms with E-state index in [1.54, 1.807) is 0 Å². The normalized spacial score (nSPS) is 10.5. The number of rotatable bonds is 2. The Balaban J connectivity index is 0.00000196. The third-order valence-corrected chi connectivity index (χ3v) is 2.67. The van der Waals surface area contributed by atoms with E-state index in [1.807, 2.05) is 0 Å². The van der Waals surface area contributed by atoms with Gasteiger partial charge in [-0.2, -0.15) is 8.42 Å². The third-order valence-electron chi connectivity index (χ3n) is 1.44. The van der Waals surface area contributed by atoms with Crippen molar-refractivity contribution in [3.05, 3.63) is 28.3 Å². The molecule has 0 heterocycles. The van der Waals surface area contributed by atoms with Crippen molar-refractivity contribution in [2.24, 2.45) is 0 Å². The van der Waals surface area contributed by atoms with Crippen LogP contribution in [0.25, 0.3) is 0 Å². The third kappa shape index (κ3) is 3.74. The monoisotopic (exact) mass is 259 g/mol. The molecule has 0 aliphatic heterocycles. The number of thiol groups is 1. The van der Waals surface area contributed by atoms with Gasteiger partial charge in [-0.15, -0.1) is 12.6 Å². The fourth-order valence-electron chi connectivity index (χ4n) is 0.810. The zero-order chi connectivity index (χ0) is 10.9. The Kier molecular flexibility index (Phi) is 5.24. The van der Waals surface area contributed by atoms with Crippen molar-refractivity contribution in [3.8, 4) is 0 Å². The van der Waals surface area contributed by atoms with Gasteiger partial charge in [0.25, 0.3) is 15.8 Å². The van der Waals surface area contributed by atoms with Crippen molar-refractivity contribution in [2.45, 2.75) is 9.79 Å². The first-order valence-electron chi connectivity index (χ1n) is 3.27. The summed E-state index contributed by atoms with van der Waals surface area (Å²) >= 11 is 3.76. The number of benzene rings is 1. The molecule has 1 N–H and O–H groups in total. The maximum atomic E-state index is 10.6. The topological polar surface area (TPSA) is 97.5 Å². The van der Waals surface area contributed by atoms with E-state index in [2.05, 4.69) is 12.6 Å². The number of nitro groups is 1. The predicted molar refractivity (Wildman–Crippen MR) is 57.3 cm³/mol. The van der Waals surface area contributed by atoms with Crippen LogP contribution < -0.4 is 0 Å². The second-order valence-corrected chi connectivity index (χ2v) is 4.29. The van der Waals surface area contributed by atoms with Crippen LogP contribution in [0.1, 0.15) is 0 Å². The summed E-state index contributed by atoms with van der Waals surface area (Å²) in [6, 6.07) is 2.91. The minimum atomic E-state index is -4.41. The van der Waals surface area contributed by atoms with Gasteiger partial charge in [-0.25, -0.2) is 0 Å². The molecule has 0 spiro atoms. The van der Waals surface area contributed by atoms with Gasteiger partial charge in [0.15, 0.2) is 0 Å². The fraction of sp³-hybridized carbons (Fsp3) is 0. The molecule has 0 saturated carbocycles. The molecule has 0 bridgehead atoms. The Morgan fingerprint density at radius 3 is 2.33 bits per heavy atom. The second kappa shape index (κ2) is 5.28. The zero-order valence-electron chi connectivity index (χ0n) is 6.61. The maximum absolute atomic E-state index is 10.6. The van der Waals surface area contributed by atoms with Gasteiger partial charge in [0.2, 0.25) is 0 Å². The van der Waals surface area contributed by atoms with Crippen molar-refractivity contribution < 1.29 is 17.9 Å². The molecule has 6 nitrogen and oxygen atoms in total. The van der Waals surface area contributed by atoms with Crippen LogP contribution in [0.4, 0.5) is 5.69 Å². The first kappa shape index (κ1) is 14.9. The first-order chi connectivity index (χ1) is 6.32. The molecule has 1 rings (SSSR count). The van der Waals surface area contributed by atoms with Crippen molar-refractivity contribution in [1.82, 2.24) is 0 Å². The molecular weight excluding hydrogens is 253 g/mol. The van der Waals surface area contributed by atoms with E-state index in [0.29, 0.717) is 0 Å². The van der Waals surface area contributed by atoms with Gasteiger partial charge in [0.1, 0.15) is 4.90 Å². The molecule has 0 atom stereocenters. The summed E-state index contributed by atoms with van der Waals surface area (Å²) in [5.41, 5.74) is -0.469. The summed E-state index contributed by atoms with van der Waals surface area (Å²) in [6.45, 7) is 0. The van der Waals surface area contributed by atoms with Crippen molar-refractivity contribution >= 4 is 58.0 Å². The van der Waals surface area contributed by atoms with E-state index in [0.717, 1.165) is 18.2 Å². The van der Waals surface area contributed by atoms with Gasteiger partial charge in [0.05, 0.1) is 9.82 Å². The molecule has 0 aliphatic carbocycles. The molecule has 0 radical (unpaired) electrons. The molecule has 1 aromatic rings. The summed E-state index contributed by atoms with van der Waals surface area (Å²) in [5, 5.41) is 10.4. The number of hydrogen-bond donors (Lipinski definition) is 2. The zero-order valence-corrected chi connectivity index (χ0v) is 8.33. The molecule has 15 heavy (non-hydrogen) atoms. The SMILES string of the molecule is O=[N+]([O-])c1cc(S(=O)(=O)O)ccc1S.[NaH]. The van der Waals surface area contributed by atoms with E-state index < -0.39 is 25.6 Å². The van der Waals surface area contributed by atoms with Gasteiger partial charge in [-0.1, -0.05) is 0 Å². The van der Waals surface area contributed by atoms with Crippen molar-refractivity contribution in [2.75, 3.05) is 0 Å². The molecule has 0 saturated heterocycles. The molecule has 78 valence electrons. The minimum absolute atomic E-state index is 0. The predicted octanol–water partition coefficient (Wildman–Crippen LogP) is 0.482. The van der Waals surface area contributed by atoms with Crippen LogP contribution in [-0.2, 0) is 10.1 Å². The Labute approximate surface area is 113 Å². The van der Waals surface area contributed by atoms with Gasteiger partial charge in [-0.3, -0.25) is 14.7 Å². The van der Waals surface area contributed by atoms with Gasteiger partial charge < -0.3 is 0 Å². The number of nitrogens with zero attached hydrogens (tertiary/aromatic N) is 1. The molecule has 0 aliphatic rings. The van der Waals surface area contributed by atoms with Crippen LogP contribution in [0.15, 0.2) is 28.0 Å². The van der Waals surface area contributed by atoms with Crippen molar-refractivity contribution in [3.63, 3.8) is 0 Å². The van der Waals surface area contributed by atoms with Gasteiger partial charge in [0, 0.05) is 6.07 Å². The van der Waals surface area contributed by atoms with Crippen LogP contribution in [0.3, 0.4) is 0 Å². The van der Waals surface area contributed by atoms with Crippen LogP contribution >= 0.6 is 12.6 Å². The summed E-state index contributed by atoms with van der Waals surface area (Å²) in [7, 11) is -4.41. The Bertz CT molecular complexity index is 486. The molecule has 9 heteroatoms. The molecule has 0 amide bonds. The van der Waals surface area contributed by atoms with Crippen LogP contribution in [-0.4, -0.2) is 47.5 Å². The van der Waals surface area contributed by atoms with E-state index in [-0.39, 0.29) is 34.5 Å². The number of hydrogen-bond acceptors (Lipinski definition) is 5. The standard InChI is InChI=1S/C6H5NO5S2.Na.H/c8-7(9)5-3-4(14(10,11)12)1-2-6(5)13;;/h1-3,13H,(H,10,11,12);;. The first-order valence-corrected chi connectivity index (χ1v) is 5.16. The summed E-state index contributed by atoms with van der Waals surface area (Å²) in [6.07, 6.45) is 0. The Morgan fingerprint density at radius 1 is 1.40 bits per heavy atom. The van der Waals surface area contributed by atoms with Crippen LogP contribution in [0.5, 0.6) is 0 Å². The summed E-state index contributed by atoms with van der Waals surface area (Å²) < 4.78 is 29.9. The Morgan fingerprint density at radius 2 is 1.93 bits per heavy atom. The van der Waals surface area contributed by atoms with E-state index >= 15 is 0 Å². The number of nitro benzene ring substituents is 1. The Hall–Kier alpha value is -0.120. The average Bonchev–Trinajstić information content (AvgIpc) is 2.02. The van der Waals surface area contributed by atoms with Crippen LogP contribution in [0.2, 0.25) is 0 Å². The average molecular weight is 259 g/mol. The van der Waals surface area contributed by atoms with E-state index in [1.165, 1.54) is 0 Å². The van der Waals surface area contributed by atoms with E-state index in [9.17, 15) is 18.5 Å². The molecule has 0 aromatic heterocycles. The molecule has 0 fully saturated rings. The quantitative estimate of drug-likeness (QED) is 0.265. The van der Waals surface area contributed by atoms with Crippen LogP contribution in [0, 0.1) is 10.1 Å².